The van der Waals surface area contributed by atoms with Crippen LogP contribution in [0.25, 0.3) is 0 Å². The summed E-state index contributed by atoms with van der Waals surface area (Å²) in [5.74, 6) is 4.12. The number of carbonyl (C=O) groups is 1. The third kappa shape index (κ3) is 2.29. The predicted octanol–water partition coefficient (Wildman–Crippen LogP) is 3.79. The van der Waals surface area contributed by atoms with Gasteiger partial charge in [-0.25, -0.2) is 0 Å². The minimum absolute atomic E-state index is 0.0181. The van der Waals surface area contributed by atoms with Gasteiger partial charge in [-0.15, -0.1) is 0 Å². The molecule has 4 rings (SSSR count). The maximum atomic E-state index is 12.1. The zero-order valence-corrected chi connectivity index (χ0v) is 14.9. The van der Waals surface area contributed by atoms with Crippen molar-refractivity contribution in [3.05, 3.63) is 0 Å². The molecule has 1 N–H and O–H groups in total. The van der Waals surface area contributed by atoms with E-state index in [9.17, 15) is 9.90 Å². The number of carbonyl (C=O) groups excluding carboxylic acids is 1. The number of methoxy groups -OCH3 is 1. The van der Waals surface area contributed by atoms with Crippen molar-refractivity contribution in [3.8, 4) is 0 Å². The molecule has 23 heavy (non-hydrogen) atoms. The number of esters is 1. The van der Waals surface area contributed by atoms with E-state index in [1.807, 2.05) is 6.92 Å². The summed E-state index contributed by atoms with van der Waals surface area (Å²) in [4.78, 5) is 12.1. The summed E-state index contributed by atoms with van der Waals surface area (Å²) in [5.41, 5.74) is -0.231. The molecule has 0 aromatic rings. The molecule has 0 aromatic carbocycles. The second-order valence-electron chi connectivity index (χ2n) is 9.53. The summed E-state index contributed by atoms with van der Waals surface area (Å²) in [6.45, 7) is 4.37. The van der Waals surface area contributed by atoms with Gasteiger partial charge in [-0.05, 0) is 93.3 Å². The molecule has 8 atom stereocenters. The highest BCUT2D eigenvalue weighted by atomic mass is 16.5. The molecule has 130 valence electrons. The molecule has 4 fully saturated rings. The molecule has 0 saturated heterocycles. The van der Waals surface area contributed by atoms with E-state index in [-0.39, 0.29) is 17.3 Å². The van der Waals surface area contributed by atoms with Gasteiger partial charge in [0.2, 0.25) is 0 Å². The van der Waals surface area contributed by atoms with Crippen molar-refractivity contribution in [3.63, 3.8) is 0 Å². The van der Waals surface area contributed by atoms with Crippen LogP contribution in [0.4, 0.5) is 0 Å². The van der Waals surface area contributed by atoms with Gasteiger partial charge in [0.25, 0.3) is 0 Å². The number of fused-ring (bicyclic) bond motifs is 5. The Hall–Kier alpha value is -0.570. The van der Waals surface area contributed by atoms with Crippen molar-refractivity contribution in [1.29, 1.82) is 0 Å². The summed E-state index contributed by atoms with van der Waals surface area (Å²) in [6, 6.07) is 0. The van der Waals surface area contributed by atoms with Crippen LogP contribution in [0.2, 0.25) is 0 Å². The monoisotopic (exact) mass is 320 g/mol. The molecule has 4 aliphatic carbocycles. The minimum atomic E-state index is -0.427. The second kappa shape index (κ2) is 5.21. The maximum Gasteiger partial charge on any atom is 0.309 e. The first-order valence-corrected chi connectivity index (χ1v) is 9.66. The molecule has 0 amide bonds. The SMILES string of the molecule is COC(=O)C1C[C@H]2[C@@H]3CCC4C[C@](C)(O)CC[C@@H]4[C@H]3CC[C@]12C. The van der Waals surface area contributed by atoms with E-state index in [0.717, 1.165) is 48.9 Å². The lowest BCUT2D eigenvalue weighted by atomic mass is 9.40. The van der Waals surface area contributed by atoms with E-state index in [1.165, 1.54) is 39.2 Å². The fourth-order valence-electron chi connectivity index (χ4n) is 7.18. The van der Waals surface area contributed by atoms with Gasteiger partial charge >= 0.3 is 5.97 Å². The van der Waals surface area contributed by atoms with E-state index >= 15 is 0 Å². The van der Waals surface area contributed by atoms with Gasteiger partial charge in [0.1, 0.15) is 0 Å². The Labute approximate surface area is 140 Å². The van der Waals surface area contributed by atoms with E-state index in [2.05, 4.69) is 6.92 Å². The summed E-state index contributed by atoms with van der Waals surface area (Å²) in [6.07, 6.45) is 9.33. The summed E-state index contributed by atoms with van der Waals surface area (Å²) in [7, 11) is 1.53. The average Bonchev–Trinajstić information content (AvgIpc) is 2.50. The highest BCUT2D eigenvalue weighted by Gasteiger charge is 2.62. The van der Waals surface area contributed by atoms with Crippen molar-refractivity contribution >= 4 is 5.97 Å². The second-order valence-corrected chi connectivity index (χ2v) is 9.53. The zero-order chi connectivity index (χ0) is 16.4. The quantitative estimate of drug-likeness (QED) is 0.748. The molecule has 4 saturated carbocycles. The van der Waals surface area contributed by atoms with Gasteiger partial charge in [-0.1, -0.05) is 6.92 Å². The molecular weight excluding hydrogens is 288 g/mol. The van der Waals surface area contributed by atoms with Crippen molar-refractivity contribution in [2.24, 2.45) is 40.9 Å². The van der Waals surface area contributed by atoms with Crippen LogP contribution in [-0.2, 0) is 9.53 Å². The van der Waals surface area contributed by atoms with Crippen LogP contribution in [0, 0.1) is 40.9 Å². The molecular formula is C20H32O3. The summed E-state index contributed by atoms with van der Waals surface area (Å²) < 4.78 is 5.05. The number of aliphatic hydroxyl groups is 1. The highest BCUT2D eigenvalue weighted by molar-refractivity contribution is 5.74. The van der Waals surface area contributed by atoms with Gasteiger partial charge in [0, 0.05) is 0 Å². The van der Waals surface area contributed by atoms with Crippen LogP contribution in [0.5, 0.6) is 0 Å². The first-order chi connectivity index (χ1) is 10.9. The Morgan fingerprint density at radius 2 is 1.78 bits per heavy atom. The Kier molecular flexibility index (Phi) is 3.61. The lowest BCUT2D eigenvalue weighted by molar-refractivity contribution is -0.192. The van der Waals surface area contributed by atoms with Crippen LogP contribution in [0.15, 0.2) is 0 Å². The van der Waals surface area contributed by atoms with Crippen LogP contribution < -0.4 is 0 Å². The van der Waals surface area contributed by atoms with E-state index in [0.29, 0.717) is 0 Å². The minimum Gasteiger partial charge on any atom is -0.469 e. The molecule has 0 heterocycles. The Morgan fingerprint density at radius 3 is 2.52 bits per heavy atom. The molecule has 3 nitrogen and oxygen atoms in total. The lowest BCUT2D eigenvalue weighted by Crippen LogP contribution is -2.60. The molecule has 0 spiro atoms. The zero-order valence-electron chi connectivity index (χ0n) is 14.9. The predicted molar refractivity (Wildman–Crippen MR) is 88.6 cm³/mol. The molecule has 3 heteroatoms. The maximum absolute atomic E-state index is 12.1. The Morgan fingerprint density at radius 1 is 1.04 bits per heavy atom. The fraction of sp³-hybridized carbons (Fsp3) is 0.950. The molecule has 0 aromatic heterocycles. The van der Waals surface area contributed by atoms with E-state index in [4.69, 9.17) is 4.74 Å². The lowest BCUT2D eigenvalue weighted by Gasteiger charge is -2.64. The van der Waals surface area contributed by atoms with Crippen molar-refractivity contribution in [2.75, 3.05) is 7.11 Å². The third-order valence-electron chi connectivity index (χ3n) is 8.45. The van der Waals surface area contributed by atoms with E-state index in [1.54, 1.807) is 0 Å². The van der Waals surface area contributed by atoms with Gasteiger partial charge in [0.05, 0.1) is 18.6 Å². The van der Waals surface area contributed by atoms with Crippen molar-refractivity contribution in [1.82, 2.24) is 0 Å². The first kappa shape index (κ1) is 15.9. The Bertz CT molecular complexity index is 499. The number of hydrogen-bond donors (Lipinski definition) is 1. The van der Waals surface area contributed by atoms with Gasteiger partial charge in [-0.2, -0.15) is 0 Å². The average molecular weight is 320 g/mol. The fourth-order valence-corrected chi connectivity index (χ4v) is 7.18. The molecule has 0 radical (unpaired) electrons. The number of rotatable bonds is 1. The molecule has 2 unspecified atom stereocenters. The smallest absolute Gasteiger partial charge is 0.309 e. The Balaban J connectivity index is 1.50. The van der Waals surface area contributed by atoms with Crippen LogP contribution in [0.3, 0.4) is 0 Å². The van der Waals surface area contributed by atoms with Gasteiger partial charge < -0.3 is 9.84 Å². The largest absolute Gasteiger partial charge is 0.469 e. The van der Waals surface area contributed by atoms with Gasteiger partial charge in [0.15, 0.2) is 0 Å². The topological polar surface area (TPSA) is 46.5 Å². The van der Waals surface area contributed by atoms with Crippen LogP contribution in [-0.4, -0.2) is 23.8 Å². The number of hydrogen-bond acceptors (Lipinski definition) is 3. The molecule has 0 aliphatic heterocycles. The summed E-state index contributed by atoms with van der Waals surface area (Å²) in [5, 5.41) is 10.4. The molecule has 0 bridgehead atoms. The highest BCUT2D eigenvalue weighted by Crippen LogP contribution is 2.67. The van der Waals surface area contributed by atoms with Crippen LogP contribution in [0.1, 0.15) is 65.2 Å². The summed E-state index contributed by atoms with van der Waals surface area (Å²) >= 11 is 0. The first-order valence-electron chi connectivity index (χ1n) is 9.66. The normalized spacial score (nSPS) is 55.0. The third-order valence-corrected chi connectivity index (χ3v) is 8.45. The van der Waals surface area contributed by atoms with Crippen LogP contribution >= 0.6 is 0 Å². The van der Waals surface area contributed by atoms with E-state index < -0.39 is 5.60 Å². The van der Waals surface area contributed by atoms with Gasteiger partial charge in [-0.3, -0.25) is 4.79 Å². The molecule has 4 aliphatic rings. The van der Waals surface area contributed by atoms with Crippen molar-refractivity contribution in [2.45, 2.75) is 70.8 Å². The standard InChI is InChI=1S/C20H32O3/c1-19(22)8-6-13-12(11-19)4-5-15-14(13)7-9-20(2)16(15)10-17(20)18(21)23-3/h12-17,22H,4-11H2,1-3H3/t12?,13-,14+,15+,16-,17?,19+,20-/m0/s1. The number of ether oxygens (including phenoxy) is 1. The van der Waals surface area contributed by atoms with Crippen molar-refractivity contribution < 1.29 is 14.6 Å².